The quantitative estimate of drug-likeness (QED) is 0.755. The Bertz CT molecular complexity index is 445. The van der Waals surface area contributed by atoms with E-state index in [2.05, 4.69) is 30.9 Å². The molecule has 0 aliphatic carbocycles. The molecule has 8 heteroatoms. The first-order valence-electron chi connectivity index (χ1n) is 5.94. The second-order valence-electron chi connectivity index (χ2n) is 4.98. The van der Waals surface area contributed by atoms with Crippen LogP contribution >= 0.6 is 11.6 Å². The van der Waals surface area contributed by atoms with Gasteiger partial charge >= 0.3 is 0 Å². The fourth-order valence-corrected chi connectivity index (χ4v) is 1.47. The summed E-state index contributed by atoms with van der Waals surface area (Å²) in [6.45, 7) is 6.22. The molecule has 0 fully saturated rings. The van der Waals surface area contributed by atoms with E-state index in [4.69, 9.17) is 11.6 Å². The van der Waals surface area contributed by atoms with Crippen LogP contribution in [0, 0.1) is 0 Å². The molecule has 1 amide bonds. The van der Waals surface area contributed by atoms with E-state index >= 15 is 0 Å². The summed E-state index contributed by atoms with van der Waals surface area (Å²) in [5.41, 5.74) is -0.229. The van der Waals surface area contributed by atoms with Gasteiger partial charge in [0.2, 0.25) is 23.1 Å². The number of aromatic nitrogens is 3. The Kier molecular flexibility index (Phi) is 5.29. The van der Waals surface area contributed by atoms with E-state index in [0.717, 1.165) is 0 Å². The Morgan fingerprint density at radius 2 is 1.84 bits per heavy atom. The summed E-state index contributed by atoms with van der Waals surface area (Å²) in [5.74, 6) is 0.684. The molecule has 0 aromatic carbocycles. The van der Waals surface area contributed by atoms with Crippen molar-refractivity contribution in [2.45, 2.75) is 32.7 Å². The SMILES string of the molecule is CNc1nc(Cl)nc(NCCC(=O)NC(C)(C)C)n1. The third-order valence-corrected chi connectivity index (χ3v) is 2.15. The zero-order valence-corrected chi connectivity index (χ0v) is 12.3. The highest BCUT2D eigenvalue weighted by Gasteiger charge is 2.13. The summed E-state index contributed by atoms with van der Waals surface area (Å²) in [5, 5.41) is 8.67. The van der Waals surface area contributed by atoms with E-state index in [1.807, 2.05) is 20.8 Å². The molecule has 0 aliphatic rings. The Morgan fingerprint density at radius 3 is 2.42 bits per heavy atom. The Morgan fingerprint density at radius 1 is 1.21 bits per heavy atom. The minimum atomic E-state index is -0.229. The van der Waals surface area contributed by atoms with Gasteiger partial charge in [0.1, 0.15) is 0 Å². The van der Waals surface area contributed by atoms with Crippen molar-refractivity contribution in [3.63, 3.8) is 0 Å². The van der Waals surface area contributed by atoms with Gasteiger partial charge in [-0.1, -0.05) is 0 Å². The summed E-state index contributed by atoms with van der Waals surface area (Å²) in [7, 11) is 1.69. The standard InChI is InChI=1S/C11H19ClN6O/c1-11(2,3)18-7(19)5-6-14-10-16-8(12)15-9(13-4)17-10/h5-6H2,1-4H3,(H,18,19)(H2,13,14,15,16,17). The molecule has 19 heavy (non-hydrogen) atoms. The number of nitrogens with zero attached hydrogens (tertiary/aromatic N) is 3. The van der Waals surface area contributed by atoms with Gasteiger partial charge in [-0.3, -0.25) is 4.79 Å². The fraction of sp³-hybridized carbons (Fsp3) is 0.636. The van der Waals surface area contributed by atoms with E-state index in [1.54, 1.807) is 7.05 Å². The summed E-state index contributed by atoms with van der Waals surface area (Å²) < 4.78 is 0. The molecule has 0 bridgehead atoms. The third-order valence-electron chi connectivity index (χ3n) is 1.98. The van der Waals surface area contributed by atoms with Crippen molar-refractivity contribution in [3.05, 3.63) is 5.28 Å². The minimum Gasteiger partial charge on any atom is -0.357 e. The van der Waals surface area contributed by atoms with E-state index in [9.17, 15) is 4.79 Å². The number of hydrogen-bond acceptors (Lipinski definition) is 6. The second-order valence-corrected chi connectivity index (χ2v) is 5.31. The zero-order valence-electron chi connectivity index (χ0n) is 11.5. The molecule has 1 rings (SSSR count). The molecule has 1 aromatic rings. The van der Waals surface area contributed by atoms with Crippen molar-refractivity contribution in [2.75, 3.05) is 24.2 Å². The average molecular weight is 287 g/mol. The van der Waals surface area contributed by atoms with Crippen molar-refractivity contribution < 1.29 is 4.79 Å². The Hall–Kier alpha value is -1.63. The summed E-state index contributed by atoms with van der Waals surface area (Å²) in [6.07, 6.45) is 0.329. The number of nitrogens with one attached hydrogen (secondary N) is 3. The van der Waals surface area contributed by atoms with E-state index in [-0.39, 0.29) is 16.7 Å². The molecular formula is C11H19ClN6O. The maximum absolute atomic E-state index is 11.6. The van der Waals surface area contributed by atoms with Gasteiger partial charge in [0.15, 0.2) is 0 Å². The van der Waals surface area contributed by atoms with Gasteiger partial charge in [-0.2, -0.15) is 15.0 Å². The van der Waals surface area contributed by atoms with Crippen LogP contribution in [0.3, 0.4) is 0 Å². The lowest BCUT2D eigenvalue weighted by molar-refractivity contribution is -0.122. The van der Waals surface area contributed by atoms with Gasteiger partial charge in [0.25, 0.3) is 0 Å². The zero-order chi connectivity index (χ0) is 14.5. The van der Waals surface area contributed by atoms with Gasteiger partial charge in [0.05, 0.1) is 0 Å². The molecule has 106 valence electrons. The molecule has 3 N–H and O–H groups in total. The minimum absolute atomic E-state index is 0.0333. The molecule has 1 aromatic heterocycles. The molecule has 0 saturated heterocycles. The number of carbonyl (C=O) groups excluding carboxylic acids is 1. The van der Waals surface area contributed by atoms with Crippen LogP contribution in [0.4, 0.5) is 11.9 Å². The number of anilines is 2. The van der Waals surface area contributed by atoms with Gasteiger partial charge in [-0.15, -0.1) is 0 Å². The van der Waals surface area contributed by atoms with Crippen LogP contribution in [0.1, 0.15) is 27.2 Å². The van der Waals surface area contributed by atoms with Crippen LogP contribution in [-0.2, 0) is 4.79 Å². The molecule has 0 atom stereocenters. The molecule has 0 saturated carbocycles. The van der Waals surface area contributed by atoms with Crippen molar-refractivity contribution >= 4 is 29.4 Å². The van der Waals surface area contributed by atoms with Crippen molar-refractivity contribution in [3.8, 4) is 0 Å². The molecule has 1 heterocycles. The first kappa shape index (κ1) is 15.4. The Labute approximate surface area is 117 Å². The van der Waals surface area contributed by atoms with Crippen LogP contribution in [0.15, 0.2) is 0 Å². The summed E-state index contributed by atoms with van der Waals surface area (Å²) >= 11 is 5.74. The predicted molar refractivity (Wildman–Crippen MR) is 75.4 cm³/mol. The van der Waals surface area contributed by atoms with Crippen LogP contribution < -0.4 is 16.0 Å². The van der Waals surface area contributed by atoms with Crippen molar-refractivity contribution in [1.29, 1.82) is 0 Å². The van der Waals surface area contributed by atoms with Gasteiger partial charge in [0, 0.05) is 25.6 Å². The fourth-order valence-electron chi connectivity index (χ4n) is 1.31. The Balaban J connectivity index is 2.45. The highest BCUT2D eigenvalue weighted by molar-refractivity contribution is 6.28. The molecule has 0 spiro atoms. The van der Waals surface area contributed by atoms with Crippen LogP contribution in [0.5, 0.6) is 0 Å². The number of halogens is 1. The largest absolute Gasteiger partial charge is 0.357 e. The lowest BCUT2D eigenvalue weighted by Crippen LogP contribution is -2.41. The smallest absolute Gasteiger partial charge is 0.228 e. The van der Waals surface area contributed by atoms with Crippen LogP contribution in [-0.4, -0.2) is 40.0 Å². The number of rotatable bonds is 5. The average Bonchev–Trinajstić information content (AvgIpc) is 2.25. The first-order valence-corrected chi connectivity index (χ1v) is 6.32. The molecular weight excluding hydrogens is 268 g/mol. The highest BCUT2D eigenvalue weighted by Crippen LogP contribution is 2.08. The summed E-state index contributed by atoms with van der Waals surface area (Å²) in [6, 6.07) is 0. The molecule has 0 unspecified atom stereocenters. The normalized spacial score (nSPS) is 11.0. The highest BCUT2D eigenvalue weighted by atomic mass is 35.5. The predicted octanol–water partition coefficient (Wildman–Crippen LogP) is 1.28. The van der Waals surface area contributed by atoms with E-state index in [1.165, 1.54) is 0 Å². The maximum Gasteiger partial charge on any atom is 0.228 e. The topological polar surface area (TPSA) is 91.8 Å². The molecule has 0 radical (unpaired) electrons. The maximum atomic E-state index is 11.6. The summed E-state index contributed by atoms with van der Waals surface area (Å²) in [4.78, 5) is 23.4. The molecule has 7 nitrogen and oxygen atoms in total. The van der Waals surface area contributed by atoms with Crippen molar-refractivity contribution in [2.24, 2.45) is 0 Å². The third kappa shape index (κ3) is 6.19. The lowest BCUT2D eigenvalue weighted by atomic mass is 10.1. The van der Waals surface area contributed by atoms with E-state index < -0.39 is 0 Å². The van der Waals surface area contributed by atoms with Crippen molar-refractivity contribution in [1.82, 2.24) is 20.3 Å². The monoisotopic (exact) mass is 286 g/mol. The first-order chi connectivity index (χ1) is 8.80. The number of carbonyl (C=O) groups is 1. The second kappa shape index (κ2) is 6.51. The van der Waals surface area contributed by atoms with Gasteiger partial charge in [-0.05, 0) is 32.4 Å². The lowest BCUT2D eigenvalue weighted by Gasteiger charge is -2.20. The van der Waals surface area contributed by atoms with Crippen LogP contribution in [0.25, 0.3) is 0 Å². The number of hydrogen-bond donors (Lipinski definition) is 3. The molecule has 0 aliphatic heterocycles. The number of amides is 1. The van der Waals surface area contributed by atoms with Gasteiger partial charge in [-0.25, -0.2) is 0 Å². The van der Waals surface area contributed by atoms with Crippen LogP contribution in [0.2, 0.25) is 5.28 Å². The van der Waals surface area contributed by atoms with E-state index in [0.29, 0.717) is 24.9 Å². The van der Waals surface area contributed by atoms with Gasteiger partial charge < -0.3 is 16.0 Å².